The first-order valence-corrected chi connectivity index (χ1v) is 8.61. The fourth-order valence-electron chi connectivity index (χ4n) is 2.03. The average Bonchev–Trinajstić information content (AvgIpc) is 2.45. The smallest absolute Gasteiger partial charge is 0.179 e. The van der Waals surface area contributed by atoms with Gasteiger partial charge in [-0.05, 0) is 49.2 Å². The molecule has 6 heteroatoms. The van der Waals surface area contributed by atoms with Gasteiger partial charge in [0.05, 0.1) is 0 Å². The number of hydrogen-bond donors (Lipinski definition) is 2. The van der Waals surface area contributed by atoms with Crippen LogP contribution in [-0.4, -0.2) is 26.2 Å². The monoisotopic (exact) mass is 305 g/mol. The van der Waals surface area contributed by atoms with Gasteiger partial charge in [0, 0.05) is 18.1 Å². The van der Waals surface area contributed by atoms with Gasteiger partial charge < -0.3 is 11.1 Å². The quantitative estimate of drug-likeness (QED) is 0.854. The normalized spacial score (nSPS) is 11.3. The molecule has 3 N–H and O–H groups in total. The molecular weight excluding hydrogens is 286 g/mol. The van der Waals surface area contributed by atoms with E-state index in [9.17, 15) is 8.42 Å². The molecule has 0 amide bonds. The predicted octanol–water partition coefficient (Wildman–Crippen LogP) is 2.12. The van der Waals surface area contributed by atoms with Crippen LogP contribution in [0.5, 0.6) is 0 Å². The Morgan fingerprint density at radius 2 is 2.05 bits per heavy atom. The van der Waals surface area contributed by atoms with Gasteiger partial charge in [-0.15, -0.1) is 0 Å². The molecule has 2 aromatic rings. The van der Waals surface area contributed by atoms with E-state index in [1.165, 1.54) is 6.26 Å². The Kier molecular flexibility index (Phi) is 4.93. The summed E-state index contributed by atoms with van der Waals surface area (Å²) in [5, 5.41) is 3.07. The highest BCUT2D eigenvalue weighted by Gasteiger charge is 2.13. The standard InChI is InChI=1S/C15H19N3O2S/c1-21(19,20)14-8-4-10-17-15(14)18-13-7-2-5-12(11-13)6-3-9-16/h2,4-5,7-8,10-11H,3,6,9,16H2,1H3,(H,17,18). The summed E-state index contributed by atoms with van der Waals surface area (Å²) in [6.07, 6.45) is 4.55. The van der Waals surface area contributed by atoms with Crippen molar-refractivity contribution in [2.24, 2.45) is 5.73 Å². The van der Waals surface area contributed by atoms with Gasteiger partial charge in [0.15, 0.2) is 9.84 Å². The largest absolute Gasteiger partial charge is 0.339 e. The second kappa shape index (κ2) is 6.69. The second-order valence-corrected chi connectivity index (χ2v) is 6.82. The Morgan fingerprint density at radius 3 is 2.76 bits per heavy atom. The molecule has 2 rings (SSSR count). The van der Waals surface area contributed by atoms with Crippen molar-refractivity contribution in [2.45, 2.75) is 17.7 Å². The van der Waals surface area contributed by atoms with Crippen LogP contribution >= 0.6 is 0 Å². The number of sulfone groups is 1. The molecule has 0 saturated carbocycles. The zero-order chi connectivity index (χ0) is 15.3. The average molecular weight is 305 g/mol. The maximum absolute atomic E-state index is 11.8. The van der Waals surface area contributed by atoms with Crippen LogP contribution in [0.1, 0.15) is 12.0 Å². The lowest BCUT2D eigenvalue weighted by Gasteiger charge is -2.10. The van der Waals surface area contributed by atoms with E-state index >= 15 is 0 Å². The third-order valence-electron chi connectivity index (χ3n) is 3.03. The Balaban J connectivity index is 2.27. The highest BCUT2D eigenvalue weighted by Crippen LogP contribution is 2.23. The van der Waals surface area contributed by atoms with E-state index in [4.69, 9.17) is 5.73 Å². The molecule has 0 unspecified atom stereocenters. The minimum absolute atomic E-state index is 0.192. The molecule has 0 spiro atoms. The number of nitrogens with two attached hydrogens (primary N) is 1. The van der Waals surface area contributed by atoms with Crippen molar-refractivity contribution >= 4 is 21.3 Å². The SMILES string of the molecule is CS(=O)(=O)c1cccnc1Nc1cccc(CCCN)c1. The Morgan fingerprint density at radius 1 is 1.24 bits per heavy atom. The highest BCUT2D eigenvalue weighted by molar-refractivity contribution is 7.90. The van der Waals surface area contributed by atoms with Gasteiger partial charge in [0.1, 0.15) is 10.7 Å². The molecule has 21 heavy (non-hydrogen) atoms. The van der Waals surface area contributed by atoms with Crippen molar-refractivity contribution < 1.29 is 8.42 Å². The van der Waals surface area contributed by atoms with Gasteiger partial charge in [0.25, 0.3) is 0 Å². The number of aromatic nitrogens is 1. The molecule has 0 aliphatic rings. The maximum atomic E-state index is 11.8. The molecule has 0 fully saturated rings. The van der Waals surface area contributed by atoms with Gasteiger partial charge in [-0.3, -0.25) is 0 Å². The van der Waals surface area contributed by atoms with Crippen molar-refractivity contribution in [3.63, 3.8) is 0 Å². The summed E-state index contributed by atoms with van der Waals surface area (Å²) in [6, 6.07) is 11.0. The summed E-state index contributed by atoms with van der Waals surface area (Å²) >= 11 is 0. The fourth-order valence-corrected chi connectivity index (χ4v) is 2.81. The molecule has 112 valence electrons. The lowest BCUT2D eigenvalue weighted by molar-refractivity contribution is 0.602. The zero-order valence-corrected chi connectivity index (χ0v) is 12.7. The summed E-state index contributed by atoms with van der Waals surface area (Å²) in [7, 11) is -3.32. The molecule has 5 nitrogen and oxygen atoms in total. The molecule has 0 aliphatic heterocycles. The molecule has 1 aromatic carbocycles. The van der Waals surface area contributed by atoms with Crippen LogP contribution < -0.4 is 11.1 Å². The number of rotatable bonds is 6. The highest BCUT2D eigenvalue weighted by atomic mass is 32.2. The van der Waals surface area contributed by atoms with Gasteiger partial charge in [0.2, 0.25) is 0 Å². The minimum Gasteiger partial charge on any atom is -0.339 e. The Bertz CT molecular complexity index is 714. The van der Waals surface area contributed by atoms with Gasteiger partial charge in [-0.25, -0.2) is 13.4 Å². The number of benzene rings is 1. The zero-order valence-electron chi connectivity index (χ0n) is 11.9. The number of aryl methyl sites for hydroxylation is 1. The van der Waals surface area contributed by atoms with Crippen LogP contribution in [0.4, 0.5) is 11.5 Å². The van der Waals surface area contributed by atoms with Crippen molar-refractivity contribution in [3.05, 3.63) is 48.2 Å². The molecule has 1 aromatic heterocycles. The van der Waals surface area contributed by atoms with E-state index in [0.29, 0.717) is 12.4 Å². The van der Waals surface area contributed by atoms with E-state index < -0.39 is 9.84 Å². The number of pyridine rings is 1. The van der Waals surface area contributed by atoms with Crippen molar-refractivity contribution in [1.29, 1.82) is 0 Å². The first-order valence-electron chi connectivity index (χ1n) is 6.72. The Hall–Kier alpha value is -1.92. The van der Waals surface area contributed by atoms with Gasteiger partial charge in [-0.1, -0.05) is 12.1 Å². The first kappa shape index (κ1) is 15.5. The Labute approximate surface area is 125 Å². The van der Waals surface area contributed by atoms with E-state index in [1.807, 2.05) is 24.3 Å². The second-order valence-electron chi connectivity index (χ2n) is 4.84. The summed E-state index contributed by atoms with van der Waals surface area (Å²) in [5.74, 6) is 0.343. The van der Waals surface area contributed by atoms with Crippen LogP contribution in [0, 0.1) is 0 Å². The number of nitrogens with one attached hydrogen (secondary N) is 1. The maximum Gasteiger partial charge on any atom is 0.179 e. The third kappa shape index (κ3) is 4.27. The number of anilines is 2. The lowest BCUT2D eigenvalue weighted by atomic mass is 10.1. The van der Waals surface area contributed by atoms with Crippen LogP contribution in [0.3, 0.4) is 0 Å². The van der Waals surface area contributed by atoms with Crippen molar-refractivity contribution in [2.75, 3.05) is 18.1 Å². The first-order chi connectivity index (χ1) is 10.0. The predicted molar refractivity (Wildman–Crippen MR) is 84.4 cm³/mol. The molecular formula is C15H19N3O2S. The van der Waals surface area contributed by atoms with Gasteiger partial charge >= 0.3 is 0 Å². The summed E-state index contributed by atoms with van der Waals surface area (Å²) in [4.78, 5) is 4.31. The van der Waals surface area contributed by atoms with E-state index in [2.05, 4.69) is 10.3 Å². The van der Waals surface area contributed by atoms with E-state index in [-0.39, 0.29) is 4.90 Å². The van der Waals surface area contributed by atoms with Gasteiger partial charge in [-0.2, -0.15) is 0 Å². The van der Waals surface area contributed by atoms with Crippen molar-refractivity contribution in [3.8, 4) is 0 Å². The molecule has 0 bridgehead atoms. The summed E-state index contributed by atoms with van der Waals surface area (Å²) in [6.45, 7) is 0.649. The summed E-state index contributed by atoms with van der Waals surface area (Å²) in [5.41, 5.74) is 7.48. The van der Waals surface area contributed by atoms with E-state index in [1.54, 1.807) is 18.3 Å². The number of nitrogens with zero attached hydrogens (tertiary/aromatic N) is 1. The number of hydrogen-bond acceptors (Lipinski definition) is 5. The van der Waals surface area contributed by atoms with Crippen LogP contribution in [-0.2, 0) is 16.3 Å². The minimum atomic E-state index is -3.32. The lowest BCUT2D eigenvalue weighted by Crippen LogP contribution is -2.05. The molecule has 0 radical (unpaired) electrons. The van der Waals surface area contributed by atoms with Crippen molar-refractivity contribution in [1.82, 2.24) is 4.98 Å². The summed E-state index contributed by atoms with van der Waals surface area (Å²) < 4.78 is 23.5. The molecule has 0 saturated heterocycles. The van der Waals surface area contributed by atoms with Crippen LogP contribution in [0.15, 0.2) is 47.5 Å². The molecule has 1 heterocycles. The molecule has 0 atom stereocenters. The van der Waals surface area contributed by atoms with Crippen LogP contribution in [0.2, 0.25) is 0 Å². The third-order valence-corrected chi connectivity index (χ3v) is 4.16. The fraction of sp³-hybridized carbons (Fsp3) is 0.267. The van der Waals surface area contributed by atoms with Crippen LogP contribution in [0.25, 0.3) is 0 Å². The molecule has 0 aliphatic carbocycles. The van der Waals surface area contributed by atoms with E-state index in [0.717, 1.165) is 24.1 Å². The topological polar surface area (TPSA) is 85.1 Å².